The van der Waals surface area contributed by atoms with Gasteiger partial charge in [0.05, 0.1) is 23.7 Å². The first-order chi connectivity index (χ1) is 15.1. The molecule has 0 fully saturated rings. The lowest BCUT2D eigenvalue weighted by molar-refractivity contribution is 0.0697. The first-order valence-corrected chi connectivity index (χ1v) is 10.6. The van der Waals surface area contributed by atoms with Crippen LogP contribution in [0.2, 0.25) is 0 Å². The average Bonchev–Trinajstić information content (AvgIpc) is 3.14. The van der Waals surface area contributed by atoms with E-state index in [1.54, 1.807) is 19.2 Å². The topological polar surface area (TPSA) is 64.4 Å². The van der Waals surface area contributed by atoms with Gasteiger partial charge < -0.3 is 14.4 Å². The molecule has 1 aromatic heterocycles. The molecule has 0 saturated heterocycles. The molecule has 0 bridgehead atoms. The van der Waals surface area contributed by atoms with E-state index in [1.807, 2.05) is 36.4 Å². The molecular formula is C26H26N2O3. The van der Waals surface area contributed by atoms with Crippen LogP contribution in [-0.2, 0) is 13.0 Å². The second-order valence-corrected chi connectivity index (χ2v) is 7.62. The van der Waals surface area contributed by atoms with Crippen LogP contribution in [0.4, 0.5) is 0 Å². The predicted octanol–water partition coefficient (Wildman–Crippen LogP) is 5.80. The first kappa shape index (κ1) is 20.7. The van der Waals surface area contributed by atoms with E-state index in [4.69, 9.17) is 9.72 Å². The molecule has 0 amide bonds. The summed E-state index contributed by atoms with van der Waals surface area (Å²) in [5, 5.41) is 9.47. The average molecular weight is 415 g/mol. The van der Waals surface area contributed by atoms with E-state index in [0.29, 0.717) is 12.1 Å². The number of benzene rings is 3. The molecule has 0 aliphatic carbocycles. The molecule has 5 heteroatoms. The van der Waals surface area contributed by atoms with Crippen molar-refractivity contribution in [1.29, 1.82) is 0 Å². The van der Waals surface area contributed by atoms with Crippen LogP contribution < -0.4 is 4.74 Å². The Morgan fingerprint density at radius 2 is 1.84 bits per heavy atom. The lowest BCUT2D eigenvalue weighted by atomic mass is 9.99. The van der Waals surface area contributed by atoms with E-state index in [1.165, 1.54) is 0 Å². The Balaban J connectivity index is 1.67. The van der Waals surface area contributed by atoms with Gasteiger partial charge in [-0.1, -0.05) is 55.8 Å². The van der Waals surface area contributed by atoms with Gasteiger partial charge in [-0.15, -0.1) is 0 Å². The number of aromatic nitrogens is 2. The number of imidazole rings is 1. The van der Waals surface area contributed by atoms with Crippen molar-refractivity contribution >= 4 is 17.0 Å². The Morgan fingerprint density at radius 1 is 1.06 bits per heavy atom. The molecule has 0 aliphatic rings. The highest BCUT2D eigenvalue weighted by Crippen LogP contribution is 2.26. The molecule has 0 atom stereocenters. The fraction of sp³-hybridized carbons (Fsp3) is 0.231. The molecule has 4 rings (SSSR count). The van der Waals surface area contributed by atoms with Gasteiger partial charge in [-0.05, 0) is 41.3 Å². The minimum atomic E-state index is -0.916. The van der Waals surface area contributed by atoms with Crippen LogP contribution in [0.1, 0.15) is 41.5 Å². The van der Waals surface area contributed by atoms with E-state index in [9.17, 15) is 9.90 Å². The number of rotatable bonds is 8. The van der Waals surface area contributed by atoms with Crippen LogP contribution in [0.3, 0.4) is 0 Å². The maximum Gasteiger partial charge on any atom is 0.336 e. The quantitative estimate of drug-likeness (QED) is 0.396. The van der Waals surface area contributed by atoms with Gasteiger partial charge in [0.2, 0.25) is 0 Å². The SMILES string of the molecule is CCCCc1nc2cc(OC)ccc2n1Cc1ccc(-c2ccccc2C(=O)O)cc1. The molecule has 0 unspecified atom stereocenters. The Kier molecular flexibility index (Phi) is 6.03. The standard InChI is InChI=1S/C26H26N2O3/c1-3-4-9-25-27-23-16-20(31-2)14-15-24(23)28(25)17-18-10-12-19(13-11-18)21-7-5-6-8-22(21)26(29)30/h5-8,10-16H,3-4,9,17H2,1-2H3,(H,29,30). The first-order valence-electron chi connectivity index (χ1n) is 10.6. The zero-order valence-corrected chi connectivity index (χ0v) is 17.8. The lowest BCUT2D eigenvalue weighted by Crippen LogP contribution is -2.05. The van der Waals surface area contributed by atoms with Crippen LogP contribution in [0.25, 0.3) is 22.2 Å². The number of ether oxygens (including phenoxy) is 1. The van der Waals surface area contributed by atoms with Crippen LogP contribution >= 0.6 is 0 Å². The minimum Gasteiger partial charge on any atom is -0.497 e. The van der Waals surface area contributed by atoms with Crippen molar-refractivity contribution in [3.8, 4) is 16.9 Å². The summed E-state index contributed by atoms with van der Waals surface area (Å²) in [5.41, 5.74) is 5.11. The fourth-order valence-corrected chi connectivity index (χ4v) is 3.88. The van der Waals surface area contributed by atoms with Gasteiger partial charge >= 0.3 is 5.97 Å². The van der Waals surface area contributed by atoms with Crippen LogP contribution in [0.15, 0.2) is 66.7 Å². The highest BCUT2D eigenvalue weighted by Gasteiger charge is 2.13. The number of aryl methyl sites for hydroxylation is 1. The van der Waals surface area contributed by atoms with Crippen molar-refractivity contribution in [3.05, 3.63) is 83.7 Å². The number of hydrogen-bond donors (Lipinski definition) is 1. The van der Waals surface area contributed by atoms with Crippen LogP contribution in [0.5, 0.6) is 5.75 Å². The molecule has 5 nitrogen and oxygen atoms in total. The molecule has 0 radical (unpaired) electrons. The van der Waals surface area contributed by atoms with Gasteiger partial charge in [0.1, 0.15) is 11.6 Å². The third-order valence-corrected chi connectivity index (χ3v) is 5.55. The smallest absolute Gasteiger partial charge is 0.336 e. The fourth-order valence-electron chi connectivity index (χ4n) is 3.88. The van der Waals surface area contributed by atoms with Crippen molar-refractivity contribution in [2.24, 2.45) is 0 Å². The highest BCUT2D eigenvalue weighted by atomic mass is 16.5. The molecular weight excluding hydrogens is 388 g/mol. The Labute approximate surface area is 181 Å². The number of methoxy groups -OCH3 is 1. The Hall–Kier alpha value is -3.60. The molecule has 1 heterocycles. The van der Waals surface area contributed by atoms with Crippen LogP contribution in [-0.4, -0.2) is 27.7 Å². The molecule has 4 aromatic rings. The molecule has 0 aliphatic heterocycles. The van der Waals surface area contributed by atoms with E-state index in [0.717, 1.165) is 58.6 Å². The lowest BCUT2D eigenvalue weighted by Gasteiger charge is -2.11. The Morgan fingerprint density at radius 3 is 2.55 bits per heavy atom. The maximum absolute atomic E-state index is 11.5. The second kappa shape index (κ2) is 9.04. The van der Waals surface area contributed by atoms with Gasteiger partial charge in [0, 0.05) is 19.0 Å². The predicted molar refractivity (Wildman–Crippen MR) is 123 cm³/mol. The molecule has 31 heavy (non-hydrogen) atoms. The van der Waals surface area contributed by atoms with Crippen molar-refractivity contribution in [3.63, 3.8) is 0 Å². The number of carboxylic acids is 1. The third kappa shape index (κ3) is 4.31. The number of carboxylic acid groups (broad SMARTS) is 1. The number of unbranched alkanes of at least 4 members (excludes halogenated alkanes) is 1. The van der Waals surface area contributed by atoms with Gasteiger partial charge in [0.15, 0.2) is 0 Å². The summed E-state index contributed by atoms with van der Waals surface area (Å²) in [6.07, 6.45) is 3.13. The van der Waals surface area contributed by atoms with Crippen molar-refractivity contribution < 1.29 is 14.6 Å². The summed E-state index contributed by atoms with van der Waals surface area (Å²) < 4.78 is 7.63. The summed E-state index contributed by atoms with van der Waals surface area (Å²) >= 11 is 0. The molecule has 1 N–H and O–H groups in total. The monoisotopic (exact) mass is 414 g/mol. The van der Waals surface area contributed by atoms with E-state index in [2.05, 4.69) is 29.7 Å². The van der Waals surface area contributed by atoms with E-state index in [-0.39, 0.29) is 0 Å². The van der Waals surface area contributed by atoms with Crippen LogP contribution in [0, 0.1) is 0 Å². The van der Waals surface area contributed by atoms with E-state index < -0.39 is 5.97 Å². The summed E-state index contributed by atoms with van der Waals surface area (Å²) in [6, 6.07) is 21.2. The summed E-state index contributed by atoms with van der Waals surface area (Å²) in [5.74, 6) is 0.964. The Bertz CT molecular complexity index is 1210. The number of hydrogen-bond acceptors (Lipinski definition) is 3. The third-order valence-electron chi connectivity index (χ3n) is 5.55. The van der Waals surface area contributed by atoms with Gasteiger partial charge in [-0.25, -0.2) is 9.78 Å². The van der Waals surface area contributed by atoms with Gasteiger partial charge in [-0.2, -0.15) is 0 Å². The zero-order valence-electron chi connectivity index (χ0n) is 17.8. The van der Waals surface area contributed by atoms with E-state index >= 15 is 0 Å². The number of aromatic carboxylic acids is 1. The normalized spacial score (nSPS) is 11.0. The number of fused-ring (bicyclic) bond motifs is 1. The highest BCUT2D eigenvalue weighted by molar-refractivity contribution is 5.96. The second-order valence-electron chi connectivity index (χ2n) is 7.62. The van der Waals surface area contributed by atoms with Gasteiger partial charge in [-0.3, -0.25) is 0 Å². The minimum absolute atomic E-state index is 0.312. The molecule has 0 spiro atoms. The van der Waals surface area contributed by atoms with Gasteiger partial charge in [0.25, 0.3) is 0 Å². The van der Waals surface area contributed by atoms with Crippen molar-refractivity contribution in [2.45, 2.75) is 32.7 Å². The van der Waals surface area contributed by atoms with Crippen molar-refractivity contribution in [1.82, 2.24) is 9.55 Å². The zero-order chi connectivity index (χ0) is 21.8. The molecule has 0 saturated carbocycles. The largest absolute Gasteiger partial charge is 0.497 e. The summed E-state index contributed by atoms with van der Waals surface area (Å²) in [6.45, 7) is 2.90. The number of nitrogens with zero attached hydrogens (tertiary/aromatic N) is 2. The number of carbonyl (C=O) groups is 1. The molecule has 158 valence electrons. The van der Waals surface area contributed by atoms with Crippen molar-refractivity contribution in [2.75, 3.05) is 7.11 Å². The molecule has 3 aromatic carbocycles. The maximum atomic E-state index is 11.5. The summed E-state index contributed by atoms with van der Waals surface area (Å²) in [7, 11) is 1.67. The summed E-state index contributed by atoms with van der Waals surface area (Å²) in [4.78, 5) is 16.4.